The highest BCUT2D eigenvalue weighted by Crippen LogP contribution is 2.09. The minimum Gasteiger partial charge on any atom is -0.313 e. The highest BCUT2D eigenvalue weighted by atomic mass is 32.2. The van der Waals surface area contributed by atoms with Crippen LogP contribution in [0, 0.1) is 0 Å². The van der Waals surface area contributed by atoms with E-state index in [1.54, 1.807) is 6.33 Å². The second-order valence-corrected chi connectivity index (χ2v) is 5.04. The maximum atomic E-state index is 4.34. The first-order valence-electron chi connectivity index (χ1n) is 5.79. The molecular formula is C11H22N4S. The van der Waals surface area contributed by atoms with Crippen LogP contribution in [0.2, 0.25) is 0 Å². The summed E-state index contributed by atoms with van der Waals surface area (Å²) in [4.78, 5) is 4.34. The largest absolute Gasteiger partial charge is 0.313 e. The highest BCUT2D eigenvalue weighted by Gasteiger charge is 2.13. The molecular weight excluding hydrogens is 220 g/mol. The molecule has 16 heavy (non-hydrogen) atoms. The molecule has 1 unspecified atom stereocenters. The molecule has 1 rings (SSSR count). The molecule has 0 aliphatic heterocycles. The summed E-state index contributed by atoms with van der Waals surface area (Å²) in [5, 5.41) is 7.75. The predicted molar refractivity (Wildman–Crippen MR) is 70.0 cm³/mol. The van der Waals surface area contributed by atoms with Gasteiger partial charge >= 0.3 is 0 Å². The van der Waals surface area contributed by atoms with Crippen LogP contribution in [-0.2, 0) is 6.42 Å². The van der Waals surface area contributed by atoms with E-state index in [1.165, 1.54) is 0 Å². The minimum atomic E-state index is 0.383. The van der Waals surface area contributed by atoms with Crippen molar-refractivity contribution < 1.29 is 0 Å². The van der Waals surface area contributed by atoms with Crippen LogP contribution < -0.4 is 5.32 Å². The molecule has 0 aromatic carbocycles. The third-order valence-corrected chi connectivity index (χ3v) is 3.16. The molecule has 0 spiro atoms. The summed E-state index contributed by atoms with van der Waals surface area (Å²) >= 11 is 1.87. The van der Waals surface area contributed by atoms with Crippen LogP contribution in [0.5, 0.6) is 0 Å². The van der Waals surface area contributed by atoms with Crippen LogP contribution in [0.15, 0.2) is 6.33 Å². The molecule has 1 atom stereocenters. The summed E-state index contributed by atoms with van der Waals surface area (Å²) in [6.45, 7) is 7.41. The summed E-state index contributed by atoms with van der Waals surface area (Å²) in [6, 6.07) is 0.871. The van der Waals surface area contributed by atoms with Crippen molar-refractivity contribution in [2.24, 2.45) is 0 Å². The summed E-state index contributed by atoms with van der Waals surface area (Å²) in [7, 11) is 0. The fourth-order valence-electron chi connectivity index (χ4n) is 1.75. The standard InChI is InChI=1S/C11H22N4S/c1-5-12-10(7-16-4)6-11-13-8-14-15(11)9(2)3/h8-10,12H,5-7H2,1-4H3. The molecule has 0 amide bonds. The van der Waals surface area contributed by atoms with Crippen LogP contribution in [0.25, 0.3) is 0 Å². The Morgan fingerprint density at radius 2 is 2.25 bits per heavy atom. The number of hydrogen-bond acceptors (Lipinski definition) is 4. The smallest absolute Gasteiger partial charge is 0.138 e. The second kappa shape index (κ2) is 6.91. The van der Waals surface area contributed by atoms with Crippen molar-refractivity contribution in [3.8, 4) is 0 Å². The van der Waals surface area contributed by atoms with Gasteiger partial charge in [0.15, 0.2) is 0 Å². The van der Waals surface area contributed by atoms with E-state index >= 15 is 0 Å². The Morgan fingerprint density at radius 1 is 1.50 bits per heavy atom. The maximum Gasteiger partial charge on any atom is 0.138 e. The second-order valence-electron chi connectivity index (χ2n) is 4.13. The number of aromatic nitrogens is 3. The quantitative estimate of drug-likeness (QED) is 0.791. The molecule has 0 aliphatic rings. The first kappa shape index (κ1) is 13.5. The molecule has 1 N–H and O–H groups in total. The average Bonchev–Trinajstić information content (AvgIpc) is 2.66. The van der Waals surface area contributed by atoms with Crippen LogP contribution in [-0.4, -0.2) is 39.4 Å². The Bertz CT molecular complexity index is 292. The van der Waals surface area contributed by atoms with Crippen LogP contribution in [0.4, 0.5) is 0 Å². The van der Waals surface area contributed by atoms with E-state index in [-0.39, 0.29) is 0 Å². The Balaban J connectivity index is 2.64. The number of nitrogens with zero attached hydrogens (tertiary/aromatic N) is 3. The zero-order valence-corrected chi connectivity index (χ0v) is 11.4. The SMILES string of the molecule is CCNC(CSC)Cc1ncnn1C(C)C. The zero-order chi connectivity index (χ0) is 12.0. The molecule has 5 heteroatoms. The third kappa shape index (κ3) is 3.79. The van der Waals surface area contributed by atoms with E-state index < -0.39 is 0 Å². The average molecular weight is 242 g/mol. The van der Waals surface area contributed by atoms with Gasteiger partial charge in [0.1, 0.15) is 12.2 Å². The van der Waals surface area contributed by atoms with E-state index in [1.807, 2.05) is 16.4 Å². The fourth-order valence-corrected chi connectivity index (χ4v) is 2.39. The molecule has 0 saturated heterocycles. The lowest BCUT2D eigenvalue weighted by molar-refractivity contribution is 0.477. The topological polar surface area (TPSA) is 42.7 Å². The predicted octanol–water partition coefficient (Wildman–Crippen LogP) is 1.74. The van der Waals surface area contributed by atoms with Crippen molar-refractivity contribution >= 4 is 11.8 Å². The monoisotopic (exact) mass is 242 g/mol. The molecule has 0 bridgehead atoms. The van der Waals surface area contributed by atoms with Crippen LogP contribution in [0.1, 0.15) is 32.6 Å². The Labute approximate surface area is 102 Å². The van der Waals surface area contributed by atoms with E-state index in [4.69, 9.17) is 0 Å². The maximum absolute atomic E-state index is 4.34. The highest BCUT2D eigenvalue weighted by molar-refractivity contribution is 7.98. The Morgan fingerprint density at radius 3 is 2.81 bits per heavy atom. The lowest BCUT2D eigenvalue weighted by Gasteiger charge is -2.17. The van der Waals surface area contributed by atoms with Gasteiger partial charge in [0.25, 0.3) is 0 Å². The number of hydrogen-bond donors (Lipinski definition) is 1. The van der Waals surface area contributed by atoms with Crippen molar-refractivity contribution in [2.45, 2.75) is 39.3 Å². The fraction of sp³-hybridized carbons (Fsp3) is 0.818. The van der Waals surface area contributed by atoms with Gasteiger partial charge in [-0.05, 0) is 26.6 Å². The first-order chi connectivity index (χ1) is 7.69. The van der Waals surface area contributed by atoms with E-state index in [0.29, 0.717) is 12.1 Å². The molecule has 1 heterocycles. The number of likely N-dealkylation sites (N-methyl/N-ethyl adjacent to an activating group) is 1. The molecule has 0 saturated carbocycles. The van der Waals surface area contributed by atoms with Gasteiger partial charge in [0, 0.05) is 24.3 Å². The lowest BCUT2D eigenvalue weighted by Crippen LogP contribution is -2.34. The van der Waals surface area contributed by atoms with Gasteiger partial charge in [-0.1, -0.05) is 6.92 Å². The normalized spacial score (nSPS) is 13.3. The summed E-state index contributed by atoms with van der Waals surface area (Å²) in [5.41, 5.74) is 0. The van der Waals surface area contributed by atoms with Crippen LogP contribution in [0.3, 0.4) is 0 Å². The van der Waals surface area contributed by atoms with Gasteiger partial charge in [-0.25, -0.2) is 9.67 Å². The van der Waals surface area contributed by atoms with Gasteiger partial charge < -0.3 is 5.32 Å². The number of rotatable bonds is 7. The molecule has 0 aliphatic carbocycles. The van der Waals surface area contributed by atoms with Gasteiger partial charge in [-0.15, -0.1) is 0 Å². The number of thioether (sulfide) groups is 1. The minimum absolute atomic E-state index is 0.383. The Hall–Kier alpha value is -0.550. The molecule has 4 nitrogen and oxygen atoms in total. The first-order valence-corrected chi connectivity index (χ1v) is 7.19. The van der Waals surface area contributed by atoms with Crippen molar-refractivity contribution in [2.75, 3.05) is 18.6 Å². The van der Waals surface area contributed by atoms with Gasteiger partial charge in [0.2, 0.25) is 0 Å². The Kier molecular flexibility index (Phi) is 5.84. The van der Waals surface area contributed by atoms with E-state index in [2.05, 4.69) is 42.4 Å². The van der Waals surface area contributed by atoms with Crippen LogP contribution >= 0.6 is 11.8 Å². The van der Waals surface area contributed by atoms with Crippen molar-refractivity contribution in [3.05, 3.63) is 12.2 Å². The van der Waals surface area contributed by atoms with Crippen molar-refractivity contribution in [3.63, 3.8) is 0 Å². The molecule has 1 aromatic rings. The summed E-state index contributed by atoms with van der Waals surface area (Å²) < 4.78 is 2.00. The molecule has 0 fully saturated rings. The van der Waals surface area contributed by atoms with Crippen molar-refractivity contribution in [1.82, 2.24) is 20.1 Å². The number of nitrogens with one attached hydrogen (secondary N) is 1. The molecule has 1 aromatic heterocycles. The van der Waals surface area contributed by atoms with Gasteiger partial charge in [-0.3, -0.25) is 0 Å². The summed E-state index contributed by atoms with van der Waals surface area (Å²) in [6.07, 6.45) is 4.74. The lowest BCUT2D eigenvalue weighted by atomic mass is 10.2. The molecule has 0 radical (unpaired) electrons. The van der Waals surface area contributed by atoms with Gasteiger partial charge in [0.05, 0.1) is 0 Å². The van der Waals surface area contributed by atoms with E-state index in [9.17, 15) is 0 Å². The van der Waals surface area contributed by atoms with Gasteiger partial charge in [-0.2, -0.15) is 16.9 Å². The van der Waals surface area contributed by atoms with E-state index in [0.717, 1.165) is 24.5 Å². The molecule has 92 valence electrons. The third-order valence-electron chi connectivity index (χ3n) is 2.43. The summed E-state index contributed by atoms with van der Waals surface area (Å²) in [5.74, 6) is 2.19. The van der Waals surface area contributed by atoms with Crippen molar-refractivity contribution in [1.29, 1.82) is 0 Å². The zero-order valence-electron chi connectivity index (χ0n) is 10.6.